The van der Waals surface area contributed by atoms with Crippen LogP contribution >= 0.6 is 0 Å². The molecule has 17 nitrogen and oxygen atoms in total. The van der Waals surface area contributed by atoms with Gasteiger partial charge in [0.2, 0.25) is 6.79 Å². The van der Waals surface area contributed by atoms with E-state index in [9.17, 15) is 38.4 Å². The summed E-state index contributed by atoms with van der Waals surface area (Å²) in [6, 6.07) is 0. The molecule has 80 heavy (non-hydrogen) atoms. The number of esters is 6. The van der Waals surface area contributed by atoms with E-state index in [1.165, 1.54) is 0 Å². The van der Waals surface area contributed by atoms with E-state index in [2.05, 4.69) is 20.8 Å². The third-order valence-electron chi connectivity index (χ3n) is 14.2. The fourth-order valence-electron chi connectivity index (χ4n) is 4.80. The average molecular weight is 1150 g/mol. The molecule has 1 atom stereocenters. The molecule has 0 radical (unpaired) electrons. The Bertz CT molecular complexity index is 1690. The summed E-state index contributed by atoms with van der Waals surface area (Å²) in [5.41, 5.74) is -2.60. The number of unbranched alkanes of at least 4 members (excludes halogenated alkanes) is 5. The highest BCUT2D eigenvalue weighted by atomic mass is 16.7. The summed E-state index contributed by atoms with van der Waals surface area (Å²) in [4.78, 5) is 90.9. The summed E-state index contributed by atoms with van der Waals surface area (Å²) >= 11 is 0. The first kappa shape index (κ1) is 84.8. The Morgan fingerprint density at radius 3 is 1.14 bits per heavy atom. The second kappa shape index (κ2) is 46.5. The predicted octanol–water partition coefficient (Wildman–Crippen LogP) is 14.8. The molecule has 0 saturated heterocycles. The van der Waals surface area contributed by atoms with Crippen LogP contribution in [0.2, 0.25) is 0 Å². The third kappa shape index (κ3) is 46.6. The standard InChI is InChI=1S/2C14H26O4.C13H24O3.2C11H22O3/c1-5-14(3,4)13(16)18-11-17-10-8-6-7-9-12(2)15;1-5-7-8-9-10-12(15)17-11-18-13(16)14(3,4)6-2;1-7-12(3,4)11(15)16-9-8-13(5,6)10(2)14;1-6-11(4,5)10(12)14-8-13-7-9(2)3;1-6-9(3)13-8-14-10(12)11(4,5)7-2/h2*5-11H2,1-4H3;7-9H2,1-6H3;2*9H,6-8H2,1-5H3. The molecule has 0 fully saturated rings. The van der Waals surface area contributed by atoms with Gasteiger partial charge in [0.25, 0.3) is 0 Å². The van der Waals surface area contributed by atoms with Crippen molar-refractivity contribution < 1.29 is 81.0 Å². The maximum absolute atomic E-state index is 11.6. The zero-order valence-corrected chi connectivity index (χ0v) is 55.4. The second-order valence-electron chi connectivity index (χ2n) is 24.6. The van der Waals surface area contributed by atoms with Crippen molar-refractivity contribution in [3.05, 3.63) is 0 Å². The van der Waals surface area contributed by atoms with Crippen molar-refractivity contribution in [2.24, 2.45) is 38.4 Å². The van der Waals surface area contributed by atoms with E-state index >= 15 is 0 Å². The van der Waals surface area contributed by atoms with Crippen LogP contribution in [-0.4, -0.2) is 100 Å². The number of hydrogen-bond donors (Lipinski definition) is 0. The molecule has 0 rings (SSSR count). The van der Waals surface area contributed by atoms with Gasteiger partial charge >= 0.3 is 35.8 Å². The highest BCUT2D eigenvalue weighted by molar-refractivity contribution is 5.81. The van der Waals surface area contributed by atoms with Gasteiger partial charge in [-0.1, -0.05) is 102 Å². The molecule has 0 spiro atoms. The lowest BCUT2D eigenvalue weighted by atomic mass is 9.85. The lowest BCUT2D eigenvalue weighted by Crippen LogP contribution is -2.29. The van der Waals surface area contributed by atoms with E-state index in [0.29, 0.717) is 51.4 Å². The maximum Gasteiger partial charge on any atom is 0.314 e. The van der Waals surface area contributed by atoms with Crippen LogP contribution in [0, 0.1) is 38.4 Å². The zero-order chi connectivity index (χ0) is 63.4. The molecule has 0 aromatic rings. The molecule has 0 aromatic heterocycles. The van der Waals surface area contributed by atoms with Crippen molar-refractivity contribution >= 4 is 47.4 Å². The number of carbonyl (C=O) groups excluding carboxylic acids is 8. The Kier molecular flexibility index (Phi) is 49.3. The quantitative estimate of drug-likeness (QED) is 0.0244. The Morgan fingerprint density at radius 2 is 0.762 bits per heavy atom. The van der Waals surface area contributed by atoms with Gasteiger partial charge in [0, 0.05) is 18.3 Å². The number of Topliss-reactive ketones (excluding diaryl/α,β-unsaturated/α-hetero) is 2. The van der Waals surface area contributed by atoms with Crippen molar-refractivity contribution in [3.63, 3.8) is 0 Å². The Labute approximate surface area is 487 Å². The van der Waals surface area contributed by atoms with Crippen molar-refractivity contribution in [3.8, 4) is 0 Å². The van der Waals surface area contributed by atoms with Gasteiger partial charge in [0.05, 0.1) is 53.0 Å². The molecule has 0 bridgehead atoms. The van der Waals surface area contributed by atoms with Gasteiger partial charge in [-0.2, -0.15) is 0 Å². The molecule has 0 saturated carbocycles. The molecule has 0 aliphatic heterocycles. The summed E-state index contributed by atoms with van der Waals surface area (Å²) in [5.74, 6) is -0.599. The summed E-state index contributed by atoms with van der Waals surface area (Å²) in [6.45, 7) is 46.8. The fraction of sp³-hybridized carbons (Fsp3) is 0.873. The normalized spacial score (nSPS) is 12.0. The third-order valence-corrected chi connectivity index (χ3v) is 14.2. The smallest absolute Gasteiger partial charge is 0.314 e. The SMILES string of the molecule is CCC(C)(C)C(=O)OCCC(C)(C)C(C)=O.CCC(C)(C)C(=O)OCOCC(C)C.CCC(C)(C)C(=O)OCOCCCCCC(C)=O.CCC(C)OCOC(=O)C(C)(C)CC.CCCCCCC(=O)OCOC(=O)C(C)(C)CC. The minimum absolute atomic E-state index is 0.0228. The monoisotopic (exact) mass is 1150 g/mol. The molecule has 1 unspecified atom stereocenters. The van der Waals surface area contributed by atoms with Gasteiger partial charge in [-0.05, 0) is 160 Å². The minimum atomic E-state index is -0.520. The van der Waals surface area contributed by atoms with Crippen LogP contribution in [-0.2, 0) is 81.0 Å². The van der Waals surface area contributed by atoms with Crippen LogP contribution in [0.5, 0.6) is 0 Å². The molecule has 0 N–H and O–H groups in total. The second-order valence-corrected chi connectivity index (χ2v) is 24.6. The predicted molar refractivity (Wildman–Crippen MR) is 316 cm³/mol. The number of rotatable bonds is 37. The van der Waals surface area contributed by atoms with Gasteiger partial charge in [-0.25, -0.2) is 0 Å². The number of carbonyl (C=O) groups is 8. The Morgan fingerprint density at radius 1 is 0.388 bits per heavy atom. The largest absolute Gasteiger partial charge is 0.465 e. The molecule has 474 valence electrons. The van der Waals surface area contributed by atoms with Crippen molar-refractivity contribution in [1.29, 1.82) is 0 Å². The molecule has 0 aromatic carbocycles. The topological polar surface area (TPSA) is 220 Å². The van der Waals surface area contributed by atoms with Gasteiger partial charge in [-0.3, -0.25) is 33.6 Å². The van der Waals surface area contributed by atoms with Crippen LogP contribution in [0.15, 0.2) is 0 Å². The van der Waals surface area contributed by atoms with Crippen molar-refractivity contribution in [2.75, 3.05) is 47.0 Å². The minimum Gasteiger partial charge on any atom is -0.465 e. The Hall–Kier alpha value is -3.96. The number of ether oxygens (including phenoxy) is 9. The van der Waals surface area contributed by atoms with E-state index in [4.69, 9.17) is 42.6 Å². The van der Waals surface area contributed by atoms with E-state index < -0.39 is 32.5 Å². The molecule has 0 heterocycles. The van der Waals surface area contributed by atoms with Crippen molar-refractivity contribution in [1.82, 2.24) is 0 Å². The van der Waals surface area contributed by atoms with E-state index in [0.717, 1.165) is 77.0 Å². The molecular formula is C63H120O17. The highest BCUT2D eigenvalue weighted by Gasteiger charge is 2.31. The van der Waals surface area contributed by atoms with Crippen LogP contribution in [0.4, 0.5) is 0 Å². The molecule has 0 amide bonds. The van der Waals surface area contributed by atoms with Gasteiger partial charge in [0.15, 0.2) is 20.4 Å². The number of ketones is 2. The average Bonchev–Trinajstić information content (AvgIpc) is 3.39. The van der Waals surface area contributed by atoms with Crippen molar-refractivity contribution in [2.45, 2.75) is 275 Å². The van der Waals surface area contributed by atoms with E-state index in [1.54, 1.807) is 13.8 Å². The van der Waals surface area contributed by atoms with Crippen LogP contribution in [0.25, 0.3) is 0 Å². The maximum atomic E-state index is 11.6. The molecule has 17 heteroatoms. The Balaban J connectivity index is -0.000000294. The fourth-order valence-corrected chi connectivity index (χ4v) is 4.80. The summed E-state index contributed by atoms with van der Waals surface area (Å²) in [5, 5.41) is 0. The molecular weight excluding hydrogens is 1030 g/mol. The lowest BCUT2D eigenvalue weighted by Gasteiger charge is -2.24. The lowest BCUT2D eigenvalue weighted by molar-refractivity contribution is -0.174. The highest BCUT2D eigenvalue weighted by Crippen LogP contribution is 2.26. The summed E-state index contributed by atoms with van der Waals surface area (Å²) in [7, 11) is 0. The number of hydrogen-bond acceptors (Lipinski definition) is 17. The first-order chi connectivity index (χ1) is 36.8. The van der Waals surface area contributed by atoms with Crippen LogP contribution in [0.3, 0.4) is 0 Å². The summed E-state index contributed by atoms with van der Waals surface area (Å²) < 4.78 is 45.6. The van der Waals surface area contributed by atoms with Gasteiger partial charge < -0.3 is 47.4 Å². The van der Waals surface area contributed by atoms with Crippen LogP contribution < -0.4 is 0 Å². The van der Waals surface area contributed by atoms with Gasteiger partial charge in [-0.15, -0.1) is 0 Å². The van der Waals surface area contributed by atoms with Crippen LogP contribution in [0.1, 0.15) is 269 Å². The first-order valence-corrected chi connectivity index (χ1v) is 29.6. The van der Waals surface area contributed by atoms with E-state index in [-0.39, 0.29) is 80.7 Å². The zero-order valence-electron chi connectivity index (χ0n) is 55.4. The first-order valence-electron chi connectivity index (χ1n) is 29.6. The molecule has 0 aliphatic carbocycles. The van der Waals surface area contributed by atoms with E-state index in [1.807, 2.05) is 132 Å². The summed E-state index contributed by atoms with van der Waals surface area (Å²) in [6.07, 6.45) is 13.3. The van der Waals surface area contributed by atoms with Gasteiger partial charge in [0.1, 0.15) is 11.6 Å². The molecule has 0 aliphatic rings.